The second-order valence-electron chi connectivity index (χ2n) is 5.14. The number of hydrogen-bond acceptors (Lipinski definition) is 5. The first-order valence-corrected chi connectivity index (χ1v) is 7.86. The van der Waals surface area contributed by atoms with Crippen LogP contribution in [0.25, 0.3) is 0 Å². The van der Waals surface area contributed by atoms with Crippen LogP contribution in [-0.2, 0) is 4.74 Å². The van der Waals surface area contributed by atoms with Crippen molar-refractivity contribution in [2.45, 2.75) is 52.0 Å². The summed E-state index contributed by atoms with van der Waals surface area (Å²) in [4.78, 5) is 17.4. The van der Waals surface area contributed by atoms with Crippen LogP contribution in [0.1, 0.15) is 72.4 Å². The molecule has 0 radical (unpaired) electrons. The number of esters is 1. The van der Waals surface area contributed by atoms with Crippen molar-refractivity contribution in [1.82, 2.24) is 10.3 Å². The molecule has 1 aromatic heterocycles. The first-order chi connectivity index (χ1) is 9.13. The molecular weight excluding hydrogens is 260 g/mol. The van der Waals surface area contributed by atoms with E-state index in [2.05, 4.69) is 19.2 Å². The van der Waals surface area contributed by atoms with E-state index in [1.165, 1.54) is 24.2 Å². The molecule has 2 heterocycles. The van der Waals surface area contributed by atoms with E-state index in [-0.39, 0.29) is 11.9 Å². The van der Waals surface area contributed by atoms with Gasteiger partial charge in [-0.3, -0.25) is 0 Å². The predicted molar refractivity (Wildman–Crippen MR) is 76.8 cm³/mol. The number of nitrogens with zero attached hydrogens (tertiary/aromatic N) is 1. The van der Waals surface area contributed by atoms with E-state index in [9.17, 15) is 4.79 Å². The number of carbonyl (C=O) groups excluding carboxylic acids is 1. The third-order valence-electron chi connectivity index (χ3n) is 3.29. The van der Waals surface area contributed by atoms with Crippen LogP contribution in [0.3, 0.4) is 0 Å². The summed E-state index contributed by atoms with van der Waals surface area (Å²) in [6.07, 6.45) is 3.56. The van der Waals surface area contributed by atoms with Gasteiger partial charge in [0, 0.05) is 0 Å². The van der Waals surface area contributed by atoms with Crippen molar-refractivity contribution in [2.24, 2.45) is 0 Å². The van der Waals surface area contributed by atoms with E-state index in [0.717, 1.165) is 23.7 Å². The highest BCUT2D eigenvalue weighted by Crippen LogP contribution is 2.32. The molecule has 0 bridgehead atoms. The second kappa shape index (κ2) is 6.48. The van der Waals surface area contributed by atoms with Gasteiger partial charge in [0.2, 0.25) is 0 Å². The van der Waals surface area contributed by atoms with Crippen molar-refractivity contribution in [2.75, 3.05) is 13.2 Å². The van der Waals surface area contributed by atoms with E-state index in [4.69, 9.17) is 9.72 Å². The Morgan fingerprint density at radius 1 is 1.53 bits per heavy atom. The minimum absolute atomic E-state index is 0.231. The summed E-state index contributed by atoms with van der Waals surface area (Å²) in [5.74, 6) is 0.0127. The van der Waals surface area contributed by atoms with Gasteiger partial charge < -0.3 is 10.1 Å². The molecule has 0 aliphatic carbocycles. The van der Waals surface area contributed by atoms with Crippen LogP contribution in [0, 0.1) is 0 Å². The van der Waals surface area contributed by atoms with Gasteiger partial charge in [-0.2, -0.15) is 0 Å². The molecule has 4 nitrogen and oxygen atoms in total. The van der Waals surface area contributed by atoms with Crippen LogP contribution < -0.4 is 5.32 Å². The lowest BCUT2D eigenvalue weighted by atomic mass is 10.1. The first-order valence-electron chi connectivity index (χ1n) is 7.04. The van der Waals surface area contributed by atoms with Gasteiger partial charge in [0.15, 0.2) is 0 Å². The molecule has 1 atom stereocenters. The van der Waals surface area contributed by atoms with Gasteiger partial charge in [0.25, 0.3) is 0 Å². The van der Waals surface area contributed by atoms with Crippen molar-refractivity contribution in [3.63, 3.8) is 0 Å². The number of aromatic nitrogens is 1. The van der Waals surface area contributed by atoms with Crippen molar-refractivity contribution in [3.8, 4) is 0 Å². The van der Waals surface area contributed by atoms with Gasteiger partial charge in [-0.15, -0.1) is 11.3 Å². The Hall–Kier alpha value is -0.940. The number of rotatable bonds is 4. The van der Waals surface area contributed by atoms with E-state index < -0.39 is 0 Å². The number of thiazole rings is 1. The van der Waals surface area contributed by atoms with Gasteiger partial charge in [0.1, 0.15) is 9.88 Å². The minimum Gasteiger partial charge on any atom is -0.462 e. The van der Waals surface area contributed by atoms with E-state index in [0.29, 0.717) is 17.5 Å². The Morgan fingerprint density at radius 3 is 2.89 bits per heavy atom. The third kappa shape index (κ3) is 3.34. The zero-order chi connectivity index (χ0) is 13.8. The van der Waals surface area contributed by atoms with E-state index in [1.807, 2.05) is 6.92 Å². The van der Waals surface area contributed by atoms with Crippen molar-refractivity contribution in [1.29, 1.82) is 0 Å². The number of nitrogens with one attached hydrogen (secondary N) is 1. The SMILES string of the molecule is CCOC(=O)c1sc(C2CCCCN2)nc1C(C)C. The molecular formula is C14H22N2O2S. The summed E-state index contributed by atoms with van der Waals surface area (Å²) in [7, 11) is 0. The molecule has 0 aromatic carbocycles. The molecule has 1 unspecified atom stereocenters. The largest absolute Gasteiger partial charge is 0.462 e. The number of piperidine rings is 1. The molecule has 0 amide bonds. The smallest absolute Gasteiger partial charge is 0.350 e. The quantitative estimate of drug-likeness (QED) is 0.861. The lowest BCUT2D eigenvalue weighted by molar-refractivity contribution is 0.0530. The number of ether oxygens (including phenoxy) is 1. The maximum Gasteiger partial charge on any atom is 0.350 e. The maximum absolute atomic E-state index is 12.0. The van der Waals surface area contributed by atoms with Gasteiger partial charge in [-0.25, -0.2) is 9.78 Å². The van der Waals surface area contributed by atoms with Crippen LogP contribution in [0.15, 0.2) is 0 Å². The molecule has 1 aromatic rings. The average Bonchev–Trinajstić information content (AvgIpc) is 2.85. The highest BCUT2D eigenvalue weighted by Gasteiger charge is 2.25. The van der Waals surface area contributed by atoms with Crippen molar-refractivity contribution in [3.05, 3.63) is 15.6 Å². The maximum atomic E-state index is 12.0. The number of hydrogen-bond donors (Lipinski definition) is 1. The summed E-state index contributed by atoms with van der Waals surface area (Å²) >= 11 is 1.49. The zero-order valence-corrected chi connectivity index (χ0v) is 12.7. The summed E-state index contributed by atoms with van der Waals surface area (Å²) in [6.45, 7) is 7.41. The molecule has 0 spiro atoms. The predicted octanol–water partition coefficient (Wildman–Crippen LogP) is 3.26. The Morgan fingerprint density at radius 2 is 2.32 bits per heavy atom. The van der Waals surface area contributed by atoms with Crippen LogP contribution in [0.5, 0.6) is 0 Å². The van der Waals surface area contributed by atoms with E-state index in [1.54, 1.807) is 0 Å². The normalized spacial score (nSPS) is 19.7. The number of carbonyl (C=O) groups is 1. The standard InChI is InChI=1S/C14H22N2O2S/c1-4-18-14(17)12-11(9(2)3)16-13(19-12)10-7-5-6-8-15-10/h9-10,15H,4-8H2,1-3H3. The molecule has 19 heavy (non-hydrogen) atoms. The highest BCUT2D eigenvalue weighted by atomic mass is 32.1. The van der Waals surface area contributed by atoms with E-state index >= 15 is 0 Å². The van der Waals surface area contributed by atoms with Gasteiger partial charge in [0.05, 0.1) is 18.3 Å². The molecule has 1 aliphatic rings. The molecule has 0 saturated carbocycles. The zero-order valence-electron chi connectivity index (χ0n) is 11.9. The fraction of sp³-hybridized carbons (Fsp3) is 0.714. The van der Waals surface area contributed by atoms with Crippen LogP contribution in [0.2, 0.25) is 0 Å². The minimum atomic E-state index is -0.231. The fourth-order valence-electron chi connectivity index (χ4n) is 2.29. The molecule has 106 valence electrons. The first kappa shape index (κ1) is 14.5. The Balaban J connectivity index is 2.26. The Kier molecular flexibility index (Phi) is 4.93. The van der Waals surface area contributed by atoms with Crippen LogP contribution in [-0.4, -0.2) is 24.1 Å². The van der Waals surface area contributed by atoms with Gasteiger partial charge in [-0.1, -0.05) is 20.3 Å². The van der Waals surface area contributed by atoms with Crippen LogP contribution >= 0.6 is 11.3 Å². The fourth-order valence-corrected chi connectivity index (χ4v) is 3.52. The topological polar surface area (TPSA) is 51.2 Å². The highest BCUT2D eigenvalue weighted by molar-refractivity contribution is 7.13. The summed E-state index contributed by atoms with van der Waals surface area (Å²) in [5, 5.41) is 4.52. The molecule has 1 fully saturated rings. The molecule has 1 aliphatic heterocycles. The van der Waals surface area contributed by atoms with Crippen LogP contribution in [0.4, 0.5) is 0 Å². The second-order valence-corrected chi connectivity index (χ2v) is 6.17. The molecule has 1 N–H and O–H groups in total. The van der Waals surface area contributed by atoms with Crippen molar-refractivity contribution >= 4 is 17.3 Å². The molecule has 2 rings (SSSR count). The summed E-state index contributed by atoms with van der Waals surface area (Å²) in [6, 6.07) is 0.305. The van der Waals surface area contributed by atoms with Gasteiger partial charge >= 0.3 is 5.97 Å². The summed E-state index contributed by atoms with van der Waals surface area (Å²) < 4.78 is 5.13. The Labute approximate surface area is 118 Å². The van der Waals surface area contributed by atoms with Gasteiger partial charge in [-0.05, 0) is 32.2 Å². The third-order valence-corrected chi connectivity index (χ3v) is 4.45. The lowest BCUT2D eigenvalue weighted by Crippen LogP contribution is -2.26. The Bertz CT molecular complexity index is 437. The monoisotopic (exact) mass is 282 g/mol. The summed E-state index contributed by atoms with van der Waals surface area (Å²) in [5.41, 5.74) is 0.880. The molecule has 5 heteroatoms. The molecule has 1 saturated heterocycles. The van der Waals surface area contributed by atoms with Crippen molar-refractivity contribution < 1.29 is 9.53 Å². The lowest BCUT2D eigenvalue weighted by Gasteiger charge is -2.21. The average molecular weight is 282 g/mol.